The van der Waals surface area contributed by atoms with Crippen molar-refractivity contribution in [1.29, 1.82) is 0 Å². The number of hydrogen-bond acceptors (Lipinski definition) is 5. The molecule has 1 saturated heterocycles. The van der Waals surface area contributed by atoms with Gasteiger partial charge in [0.05, 0.1) is 30.8 Å². The molecule has 2 aromatic rings. The molecule has 2 aromatic heterocycles. The molecule has 0 amide bonds. The molecule has 1 aliphatic heterocycles. The van der Waals surface area contributed by atoms with Crippen molar-refractivity contribution in [3.05, 3.63) is 35.3 Å². The van der Waals surface area contributed by atoms with Crippen LogP contribution in [-0.2, 0) is 18.3 Å². The summed E-state index contributed by atoms with van der Waals surface area (Å²) in [5.74, 6) is 0.889. The van der Waals surface area contributed by atoms with Crippen molar-refractivity contribution in [3.63, 3.8) is 0 Å². The van der Waals surface area contributed by atoms with E-state index in [0.29, 0.717) is 0 Å². The summed E-state index contributed by atoms with van der Waals surface area (Å²) in [6, 6.07) is 4.15. The molecule has 0 aliphatic carbocycles. The van der Waals surface area contributed by atoms with E-state index in [2.05, 4.69) is 33.3 Å². The van der Waals surface area contributed by atoms with Gasteiger partial charge in [-0.3, -0.25) is 4.68 Å². The molecule has 1 aliphatic rings. The standard InChI is InChI=1S/C16H23N5O/c1-12-15(13(2)20(3)19-12)11-18-16-5-4-14(10-17-16)21-6-8-22-9-7-21/h4-5,10H,6-9,11H2,1-3H3,(H,17,18). The van der Waals surface area contributed by atoms with Crippen molar-refractivity contribution in [3.8, 4) is 0 Å². The quantitative estimate of drug-likeness (QED) is 0.934. The smallest absolute Gasteiger partial charge is 0.126 e. The Morgan fingerprint density at radius 1 is 1.23 bits per heavy atom. The highest BCUT2D eigenvalue weighted by Crippen LogP contribution is 2.18. The fraction of sp³-hybridized carbons (Fsp3) is 0.500. The van der Waals surface area contributed by atoms with Gasteiger partial charge in [-0.2, -0.15) is 5.10 Å². The maximum absolute atomic E-state index is 5.37. The third kappa shape index (κ3) is 3.06. The predicted molar refractivity (Wildman–Crippen MR) is 87.3 cm³/mol. The van der Waals surface area contributed by atoms with Gasteiger partial charge in [0.2, 0.25) is 0 Å². The molecule has 22 heavy (non-hydrogen) atoms. The Morgan fingerprint density at radius 2 is 2.00 bits per heavy atom. The molecule has 0 atom stereocenters. The van der Waals surface area contributed by atoms with Crippen LogP contribution in [0.3, 0.4) is 0 Å². The third-order valence-electron chi connectivity index (χ3n) is 4.23. The molecular weight excluding hydrogens is 278 g/mol. The van der Waals surface area contributed by atoms with Crippen LogP contribution in [0.2, 0.25) is 0 Å². The van der Waals surface area contributed by atoms with E-state index in [0.717, 1.165) is 50.0 Å². The first-order valence-electron chi connectivity index (χ1n) is 7.67. The summed E-state index contributed by atoms with van der Waals surface area (Å²) in [5, 5.41) is 7.81. The van der Waals surface area contributed by atoms with Gasteiger partial charge in [0, 0.05) is 37.9 Å². The number of morpholine rings is 1. The fourth-order valence-electron chi connectivity index (χ4n) is 2.75. The number of aromatic nitrogens is 3. The Hall–Kier alpha value is -2.08. The molecule has 0 aromatic carbocycles. The van der Waals surface area contributed by atoms with Gasteiger partial charge in [-0.1, -0.05) is 0 Å². The summed E-state index contributed by atoms with van der Waals surface area (Å²) >= 11 is 0. The number of anilines is 2. The van der Waals surface area contributed by atoms with Crippen LogP contribution >= 0.6 is 0 Å². The predicted octanol–water partition coefficient (Wildman–Crippen LogP) is 1.88. The Kier molecular flexibility index (Phi) is 4.29. The molecule has 0 saturated carbocycles. The minimum Gasteiger partial charge on any atom is -0.378 e. The number of nitrogens with one attached hydrogen (secondary N) is 1. The van der Waals surface area contributed by atoms with Gasteiger partial charge in [-0.25, -0.2) is 4.98 Å². The topological polar surface area (TPSA) is 55.2 Å². The van der Waals surface area contributed by atoms with Gasteiger partial charge >= 0.3 is 0 Å². The summed E-state index contributed by atoms with van der Waals surface area (Å²) in [6.07, 6.45) is 1.93. The lowest BCUT2D eigenvalue weighted by Gasteiger charge is -2.28. The van der Waals surface area contributed by atoms with Gasteiger partial charge in [-0.05, 0) is 26.0 Å². The van der Waals surface area contributed by atoms with Crippen LogP contribution in [0.4, 0.5) is 11.5 Å². The number of nitrogens with zero attached hydrogens (tertiary/aromatic N) is 4. The van der Waals surface area contributed by atoms with Crippen molar-refractivity contribution >= 4 is 11.5 Å². The first kappa shape index (κ1) is 14.8. The van der Waals surface area contributed by atoms with Crippen molar-refractivity contribution in [1.82, 2.24) is 14.8 Å². The van der Waals surface area contributed by atoms with E-state index in [1.807, 2.05) is 30.9 Å². The summed E-state index contributed by atoms with van der Waals surface area (Å²) in [6.45, 7) is 8.32. The largest absolute Gasteiger partial charge is 0.378 e. The van der Waals surface area contributed by atoms with Crippen molar-refractivity contribution < 1.29 is 4.74 Å². The molecule has 0 radical (unpaired) electrons. The van der Waals surface area contributed by atoms with Crippen LogP contribution in [0.25, 0.3) is 0 Å². The monoisotopic (exact) mass is 301 g/mol. The van der Waals surface area contributed by atoms with Crippen LogP contribution in [0.15, 0.2) is 18.3 Å². The highest BCUT2D eigenvalue weighted by molar-refractivity contribution is 5.50. The van der Waals surface area contributed by atoms with E-state index in [1.54, 1.807) is 0 Å². The maximum Gasteiger partial charge on any atom is 0.126 e. The number of pyridine rings is 1. The van der Waals surface area contributed by atoms with Crippen molar-refractivity contribution in [2.24, 2.45) is 7.05 Å². The first-order valence-corrected chi connectivity index (χ1v) is 7.67. The van der Waals surface area contributed by atoms with Crippen LogP contribution in [-0.4, -0.2) is 41.1 Å². The van der Waals surface area contributed by atoms with E-state index >= 15 is 0 Å². The summed E-state index contributed by atoms with van der Waals surface area (Å²) in [4.78, 5) is 6.82. The third-order valence-corrected chi connectivity index (χ3v) is 4.23. The molecule has 6 heteroatoms. The zero-order valence-corrected chi connectivity index (χ0v) is 13.5. The van der Waals surface area contributed by atoms with E-state index in [-0.39, 0.29) is 0 Å². The van der Waals surface area contributed by atoms with E-state index < -0.39 is 0 Å². The van der Waals surface area contributed by atoms with Gasteiger partial charge in [-0.15, -0.1) is 0 Å². The Bertz CT molecular complexity index is 629. The minimum atomic E-state index is 0.745. The molecule has 0 unspecified atom stereocenters. The second kappa shape index (κ2) is 6.36. The molecule has 0 spiro atoms. The zero-order chi connectivity index (χ0) is 15.5. The highest BCUT2D eigenvalue weighted by Gasteiger charge is 2.12. The van der Waals surface area contributed by atoms with Gasteiger partial charge in [0.15, 0.2) is 0 Å². The summed E-state index contributed by atoms with van der Waals surface area (Å²) < 4.78 is 7.29. The van der Waals surface area contributed by atoms with Gasteiger partial charge in [0.25, 0.3) is 0 Å². The SMILES string of the molecule is Cc1nn(C)c(C)c1CNc1ccc(N2CCOCC2)cn1. The average Bonchev–Trinajstić information content (AvgIpc) is 2.79. The van der Waals surface area contributed by atoms with Crippen molar-refractivity contribution in [2.75, 3.05) is 36.5 Å². The second-order valence-corrected chi connectivity index (χ2v) is 5.63. The molecular formula is C16H23N5O. The zero-order valence-electron chi connectivity index (χ0n) is 13.5. The molecule has 118 valence electrons. The van der Waals surface area contributed by atoms with Gasteiger partial charge in [0.1, 0.15) is 5.82 Å². The number of aryl methyl sites for hydroxylation is 2. The number of hydrogen-bond donors (Lipinski definition) is 1. The minimum absolute atomic E-state index is 0.745. The van der Waals surface area contributed by atoms with Crippen molar-refractivity contribution in [2.45, 2.75) is 20.4 Å². The lowest BCUT2D eigenvalue weighted by molar-refractivity contribution is 0.122. The normalized spacial score (nSPS) is 15.1. The number of rotatable bonds is 4. The molecule has 6 nitrogen and oxygen atoms in total. The lowest BCUT2D eigenvalue weighted by atomic mass is 10.2. The highest BCUT2D eigenvalue weighted by atomic mass is 16.5. The first-order chi connectivity index (χ1) is 10.6. The van der Waals surface area contributed by atoms with Crippen LogP contribution in [0.5, 0.6) is 0 Å². The molecule has 0 bridgehead atoms. The Morgan fingerprint density at radius 3 is 2.59 bits per heavy atom. The lowest BCUT2D eigenvalue weighted by Crippen LogP contribution is -2.36. The van der Waals surface area contributed by atoms with E-state index in [1.165, 1.54) is 11.3 Å². The van der Waals surface area contributed by atoms with Crippen LogP contribution in [0, 0.1) is 13.8 Å². The second-order valence-electron chi connectivity index (χ2n) is 5.63. The van der Waals surface area contributed by atoms with E-state index in [9.17, 15) is 0 Å². The molecule has 3 heterocycles. The summed E-state index contributed by atoms with van der Waals surface area (Å²) in [5.41, 5.74) is 4.65. The van der Waals surface area contributed by atoms with Crippen LogP contribution in [0.1, 0.15) is 17.0 Å². The van der Waals surface area contributed by atoms with Gasteiger partial charge < -0.3 is 15.0 Å². The summed E-state index contributed by atoms with van der Waals surface area (Å²) in [7, 11) is 1.97. The maximum atomic E-state index is 5.37. The van der Waals surface area contributed by atoms with Crippen LogP contribution < -0.4 is 10.2 Å². The van der Waals surface area contributed by atoms with E-state index in [4.69, 9.17) is 4.74 Å². The molecule has 1 N–H and O–H groups in total. The average molecular weight is 301 g/mol. The molecule has 3 rings (SSSR count). The number of ether oxygens (including phenoxy) is 1. The fourth-order valence-corrected chi connectivity index (χ4v) is 2.75. The molecule has 1 fully saturated rings. The Labute approximate surface area is 131 Å². The Balaban J connectivity index is 1.63.